The molecule has 9 heteroatoms. The van der Waals surface area contributed by atoms with E-state index in [-0.39, 0.29) is 31.1 Å². The number of fused-ring (bicyclic) bond motifs is 4. The molecule has 1 aromatic carbocycles. The van der Waals surface area contributed by atoms with Crippen LogP contribution in [-0.4, -0.2) is 61.0 Å². The van der Waals surface area contributed by atoms with Crippen molar-refractivity contribution in [3.63, 3.8) is 0 Å². The summed E-state index contributed by atoms with van der Waals surface area (Å²) in [6, 6.07) is 5.30. The van der Waals surface area contributed by atoms with Gasteiger partial charge < -0.3 is 24.2 Å². The summed E-state index contributed by atoms with van der Waals surface area (Å²) in [6.45, 7) is 3.49. The lowest BCUT2D eigenvalue weighted by Gasteiger charge is -2.28. The first-order valence-electron chi connectivity index (χ1n) is 9.87. The molecule has 0 aliphatic carbocycles. The Hall–Kier alpha value is -3.07. The van der Waals surface area contributed by atoms with E-state index in [0.717, 1.165) is 10.4 Å². The number of anilines is 1. The van der Waals surface area contributed by atoms with Crippen molar-refractivity contribution in [1.29, 1.82) is 0 Å². The van der Waals surface area contributed by atoms with Crippen molar-refractivity contribution >= 4 is 34.1 Å². The zero-order valence-corrected chi connectivity index (χ0v) is 17.6. The van der Waals surface area contributed by atoms with Crippen molar-refractivity contribution in [3.8, 4) is 11.5 Å². The molecule has 0 radical (unpaired) electrons. The number of carbonyl (C=O) groups excluding carboxylic acids is 3. The molecule has 0 spiro atoms. The molecule has 0 atom stereocenters. The van der Waals surface area contributed by atoms with Gasteiger partial charge in [0.2, 0.25) is 12.7 Å². The average molecular weight is 427 g/mol. The smallest absolute Gasteiger partial charge is 0.258 e. The van der Waals surface area contributed by atoms with E-state index in [2.05, 4.69) is 0 Å². The molecule has 8 nitrogen and oxygen atoms in total. The van der Waals surface area contributed by atoms with Gasteiger partial charge in [-0.15, -0.1) is 11.3 Å². The van der Waals surface area contributed by atoms with Gasteiger partial charge in [0, 0.05) is 25.0 Å². The summed E-state index contributed by atoms with van der Waals surface area (Å²) in [7, 11) is 1.66. The number of hydrogen-bond acceptors (Lipinski definition) is 6. The maximum Gasteiger partial charge on any atom is 0.258 e. The van der Waals surface area contributed by atoms with Gasteiger partial charge in [0.1, 0.15) is 11.5 Å². The third kappa shape index (κ3) is 2.76. The normalized spacial score (nSPS) is 17.7. The molecule has 0 saturated carbocycles. The van der Waals surface area contributed by atoms with E-state index in [1.807, 2.05) is 6.92 Å². The van der Waals surface area contributed by atoms with Gasteiger partial charge >= 0.3 is 0 Å². The Kier molecular flexibility index (Phi) is 4.43. The third-order valence-corrected chi connectivity index (χ3v) is 6.99. The fourth-order valence-corrected chi connectivity index (χ4v) is 5.66. The number of thiophene rings is 1. The van der Waals surface area contributed by atoms with Crippen LogP contribution in [0.15, 0.2) is 18.2 Å². The first kappa shape index (κ1) is 18.9. The van der Waals surface area contributed by atoms with Gasteiger partial charge in [0.25, 0.3) is 11.8 Å². The maximum atomic E-state index is 13.2. The number of para-hydroxylation sites is 1. The molecule has 0 bridgehead atoms. The highest BCUT2D eigenvalue weighted by atomic mass is 32.1. The maximum absolute atomic E-state index is 13.2. The van der Waals surface area contributed by atoms with Gasteiger partial charge in [-0.05, 0) is 31.0 Å². The fourth-order valence-electron chi connectivity index (χ4n) is 4.23. The fraction of sp³-hybridized carbons (Fsp3) is 0.381. The molecule has 3 aliphatic rings. The Labute approximate surface area is 177 Å². The first-order valence-corrected chi connectivity index (χ1v) is 10.7. The number of carbonyl (C=O) groups is 3. The van der Waals surface area contributed by atoms with E-state index < -0.39 is 0 Å². The van der Waals surface area contributed by atoms with Crippen LogP contribution in [0.4, 0.5) is 5.00 Å². The predicted octanol–water partition coefficient (Wildman–Crippen LogP) is 2.11. The van der Waals surface area contributed by atoms with Crippen molar-refractivity contribution in [2.45, 2.75) is 19.9 Å². The lowest BCUT2D eigenvalue weighted by molar-refractivity contribution is -0.118. The van der Waals surface area contributed by atoms with E-state index in [1.54, 1.807) is 35.0 Å². The van der Waals surface area contributed by atoms with E-state index in [1.165, 1.54) is 16.2 Å². The molecule has 30 heavy (non-hydrogen) atoms. The van der Waals surface area contributed by atoms with Crippen molar-refractivity contribution in [3.05, 3.63) is 39.8 Å². The Morgan fingerprint density at radius 3 is 2.83 bits per heavy atom. The zero-order chi connectivity index (χ0) is 21.0. The zero-order valence-electron chi connectivity index (χ0n) is 16.8. The summed E-state index contributed by atoms with van der Waals surface area (Å²) in [5.74, 6) is 0.717. The van der Waals surface area contributed by atoms with Gasteiger partial charge in [0.15, 0.2) is 11.5 Å². The molecule has 3 amide bonds. The molecule has 0 saturated heterocycles. The molecule has 0 N–H and O–H groups in total. The van der Waals surface area contributed by atoms with Crippen LogP contribution in [0, 0.1) is 0 Å². The second-order valence-electron chi connectivity index (χ2n) is 7.50. The summed E-state index contributed by atoms with van der Waals surface area (Å²) in [4.78, 5) is 44.7. The molecule has 5 rings (SSSR count). The lowest BCUT2D eigenvalue weighted by Crippen LogP contribution is -2.38. The second-order valence-corrected chi connectivity index (χ2v) is 8.58. The molecule has 0 fully saturated rings. The number of benzene rings is 1. The van der Waals surface area contributed by atoms with Gasteiger partial charge in [-0.25, -0.2) is 0 Å². The quantitative estimate of drug-likeness (QED) is 0.734. The highest BCUT2D eigenvalue weighted by Crippen LogP contribution is 2.42. The van der Waals surface area contributed by atoms with Crippen LogP contribution < -0.4 is 14.4 Å². The van der Waals surface area contributed by atoms with E-state index >= 15 is 0 Å². The SMILES string of the molecule is CCN1C(=O)CN(C)C(=O)c2c1sc1c2CCN(C(=O)c2cccc3c2OCO3)C1. The molecule has 0 unspecified atom stereocenters. The average Bonchev–Trinajstić information content (AvgIpc) is 3.35. The molecular weight excluding hydrogens is 406 g/mol. The van der Waals surface area contributed by atoms with E-state index in [0.29, 0.717) is 53.7 Å². The third-order valence-electron chi connectivity index (χ3n) is 5.75. The molecular formula is C21H21N3O5S. The first-order chi connectivity index (χ1) is 14.5. The largest absolute Gasteiger partial charge is 0.454 e. The van der Waals surface area contributed by atoms with Crippen molar-refractivity contribution < 1.29 is 23.9 Å². The molecule has 4 heterocycles. The second kappa shape index (κ2) is 7.02. The van der Waals surface area contributed by atoms with Gasteiger partial charge in [0.05, 0.1) is 17.7 Å². The van der Waals surface area contributed by atoms with Crippen LogP contribution in [-0.2, 0) is 17.8 Å². The van der Waals surface area contributed by atoms with Crippen LogP contribution in [0.5, 0.6) is 11.5 Å². The van der Waals surface area contributed by atoms with Crippen molar-refractivity contribution in [1.82, 2.24) is 9.80 Å². The highest BCUT2D eigenvalue weighted by molar-refractivity contribution is 7.17. The highest BCUT2D eigenvalue weighted by Gasteiger charge is 2.37. The van der Waals surface area contributed by atoms with Crippen LogP contribution in [0.2, 0.25) is 0 Å². The number of amides is 3. The van der Waals surface area contributed by atoms with Crippen molar-refractivity contribution in [2.75, 3.05) is 38.4 Å². The van der Waals surface area contributed by atoms with Gasteiger partial charge in [-0.1, -0.05) is 6.07 Å². The number of hydrogen-bond donors (Lipinski definition) is 0. The Balaban J connectivity index is 1.50. The van der Waals surface area contributed by atoms with Crippen LogP contribution in [0.1, 0.15) is 38.1 Å². The Morgan fingerprint density at radius 2 is 2.03 bits per heavy atom. The monoisotopic (exact) mass is 427 g/mol. The van der Waals surface area contributed by atoms with Gasteiger partial charge in [-0.3, -0.25) is 14.4 Å². The lowest BCUT2D eigenvalue weighted by atomic mass is 10.0. The summed E-state index contributed by atoms with van der Waals surface area (Å²) in [6.07, 6.45) is 0.574. The summed E-state index contributed by atoms with van der Waals surface area (Å²) in [5.41, 5.74) is 2.06. The standard InChI is InChI=1S/C21H21N3O5S/c1-3-24-16(25)10-22(2)20(27)17-12-7-8-23(9-15(12)30-21(17)24)19(26)13-5-4-6-14-18(13)29-11-28-14/h4-6H,3,7-11H2,1-2H3. The van der Waals surface area contributed by atoms with Crippen LogP contribution >= 0.6 is 11.3 Å². The summed E-state index contributed by atoms with van der Waals surface area (Å²) >= 11 is 1.44. The number of likely N-dealkylation sites (N-methyl/N-ethyl adjacent to an activating group) is 2. The van der Waals surface area contributed by atoms with Gasteiger partial charge in [-0.2, -0.15) is 0 Å². The number of nitrogens with zero attached hydrogens (tertiary/aromatic N) is 3. The summed E-state index contributed by atoms with van der Waals surface area (Å²) in [5, 5.41) is 0.702. The minimum Gasteiger partial charge on any atom is -0.454 e. The van der Waals surface area contributed by atoms with E-state index in [9.17, 15) is 14.4 Å². The minimum atomic E-state index is -0.127. The molecule has 1 aromatic heterocycles. The van der Waals surface area contributed by atoms with E-state index in [4.69, 9.17) is 9.47 Å². The van der Waals surface area contributed by atoms with Crippen LogP contribution in [0.25, 0.3) is 0 Å². The Morgan fingerprint density at radius 1 is 1.20 bits per heavy atom. The topological polar surface area (TPSA) is 79.4 Å². The molecule has 156 valence electrons. The summed E-state index contributed by atoms with van der Waals surface area (Å²) < 4.78 is 10.9. The number of ether oxygens (including phenoxy) is 2. The van der Waals surface area contributed by atoms with Crippen LogP contribution in [0.3, 0.4) is 0 Å². The molecule has 3 aliphatic heterocycles. The molecule has 2 aromatic rings. The number of rotatable bonds is 2. The van der Waals surface area contributed by atoms with Crippen molar-refractivity contribution in [2.24, 2.45) is 0 Å². The Bertz CT molecular complexity index is 1080. The predicted molar refractivity (Wildman–Crippen MR) is 110 cm³/mol. The minimum absolute atomic E-state index is 0.0780.